The number of aliphatic carboxylic acids is 1. The number of hydrogen-bond donors (Lipinski definition) is 1. The second-order valence-corrected chi connectivity index (χ2v) is 7.02. The van der Waals surface area contributed by atoms with Gasteiger partial charge in [-0.05, 0) is 41.3 Å². The maximum Gasteiger partial charge on any atom is 0.416 e. The predicted molar refractivity (Wildman–Crippen MR) is 94.5 cm³/mol. The van der Waals surface area contributed by atoms with Gasteiger partial charge in [-0.1, -0.05) is 38.1 Å². The lowest BCUT2D eigenvalue weighted by Crippen LogP contribution is -2.45. The van der Waals surface area contributed by atoms with Crippen LogP contribution in [0.1, 0.15) is 19.4 Å². The molecule has 1 N–H and O–H groups in total. The van der Waals surface area contributed by atoms with Crippen LogP contribution in [0.5, 0.6) is 0 Å². The lowest BCUT2D eigenvalue weighted by atomic mass is 10.0. The number of nitrogens with zero attached hydrogens (tertiary/aromatic N) is 1. The van der Waals surface area contributed by atoms with E-state index in [9.17, 15) is 31.8 Å². The summed E-state index contributed by atoms with van der Waals surface area (Å²) in [5, 5.41) is 9.34. The van der Waals surface area contributed by atoms with Crippen LogP contribution >= 0.6 is 0 Å². The second-order valence-electron chi connectivity index (χ2n) is 6.19. The molecule has 27 heavy (non-hydrogen) atoms. The molecule has 2 atom stereocenters. The summed E-state index contributed by atoms with van der Waals surface area (Å²) in [6.45, 7) is 3.18. The SMILES string of the molecule is CC(C)C(C(=O)O)N(c1ccc(-c2ccc(C(F)(F)F)cc2)cc1)S(=O)[O-]. The van der Waals surface area contributed by atoms with E-state index in [0.29, 0.717) is 11.1 Å². The maximum atomic E-state index is 12.6. The van der Waals surface area contributed by atoms with Gasteiger partial charge in [0.1, 0.15) is 6.04 Å². The minimum Gasteiger partial charge on any atom is -0.755 e. The summed E-state index contributed by atoms with van der Waals surface area (Å²) in [6.07, 6.45) is -4.43. The first-order valence-electron chi connectivity index (χ1n) is 7.91. The molecule has 2 unspecified atom stereocenters. The molecule has 0 radical (unpaired) electrons. The van der Waals surface area contributed by atoms with E-state index in [1.54, 1.807) is 13.8 Å². The molecule has 0 aliphatic carbocycles. The largest absolute Gasteiger partial charge is 0.755 e. The van der Waals surface area contributed by atoms with E-state index in [1.165, 1.54) is 36.4 Å². The fourth-order valence-electron chi connectivity index (χ4n) is 2.65. The molecule has 146 valence electrons. The van der Waals surface area contributed by atoms with Crippen molar-refractivity contribution in [1.29, 1.82) is 0 Å². The summed E-state index contributed by atoms with van der Waals surface area (Å²) in [6, 6.07) is 9.16. The van der Waals surface area contributed by atoms with Crippen LogP contribution in [0.15, 0.2) is 48.5 Å². The van der Waals surface area contributed by atoms with Crippen molar-refractivity contribution in [2.75, 3.05) is 4.31 Å². The number of carboxylic acids is 1. The van der Waals surface area contributed by atoms with Gasteiger partial charge in [-0.2, -0.15) is 13.2 Å². The van der Waals surface area contributed by atoms with Crippen molar-refractivity contribution in [1.82, 2.24) is 0 Å². The van der Waals surface area contributed by atoms with Gasteiger partial charge >= 0.3 is 12.1 Å². The normalized spacial score (nSPS) is 14.0. The van der Waals surface area contributed by atoms with Gasteiger partial charge in [0.25, 0.3) is 0 Å². The Balaban J connectivity index is 2.34. The molecule has 0 fully saturated rings. The zero-order valence-corrected chi connectivity index (χ0v) is 15.3. The van der Waals surface area contributed by atoms with Gasteiger partial charge in [-0.25, -0.2) is 4.79 Å². The summed E-state index contributed by atoms with van der Waals surface area (Å²) < 4.78 is 61.9. The average Bonchev–Trinajstić information content (AvgIpc) is 2.58. The van der Waals surface area contributed by atoms with Gasteiger partial charge in [0.2, 0.25) is 0 Å². The van der Waals surface area contributed by atoms with E-state index < -0.39 is 40.9 Å². The first kappa shape index (κ1) is 20.9. The molecule has 0 aliphatic heterocycles. The highest BCUT2D eigenvalue weighted by Gasteiger charge is 2.31. The van der Waals surface area contributed by atoms with Crippen LogP contribution in [0.2, 0.25) is 0 Å². The standard InChI is InChI=1S/C18H18F3NO4S/c1-11(2)16(17(23)24)22(27(25)26)15-9-5-13(6-10-15)12-3-7-14(8-4-12)18(19,20)21/h3-11,16H,1-2H3,(H,23,24)(H,25,26)/p-1. The van der Waals surface area contributed by atoms with E-state index in [4.69, 9.17) is 0 Å². The molecule has 2 rings (SSSR count). The number of benzene rings is 2. The van der Waals surface area contributed by atoms with E-state index >= 15 is 0 Å². The Morgan fingerprint density at radius 1 is 1.04 bits per heavy atom. The molecule has 0 spiro atoms. The summed E-state index contributed by atoms with van der Waals surface area (Å²) >= 11 is -2.81. The fourth-order valence-corrected chi connectivity index (χ4v) is 3.46. The summed E-state index contributed by atoms with van der Waals surface area (Å²) in [7, 11) is 0. The number of anilines is 1. The van der Waals surface area contributed by atoms with Crippen molar-refractivity contribution >= 4 is 22.9 Å². The van der Waals surface area contributed by atoms with Crippen molar-refractivity contribution < 1.29 is 31.8 Å². The molecule has 5 nitrogen and oxygen atoms in total. The molecule has 0 saturated carbocycles. The van der Waals surface area contributed by atoms with Crippen molar-refractivity contribution in [3.05, 3.63) is 54.1 Å². The fraction of sp³-hybridized carbons (Fsp3) is 0.278. The predicted octanol–water partition coefficient (Wildman–Crippen LogP) is 4.08. The zero-order chi connectivity index (χ0) is 20.4. The number of carbonyl (C=O) groups is 1. The number of carboxylic acid groups (broad SMARTS) is 1. The molecule has 0 aliphatic rings. The van der Waals surface area contributed by atoms with Gasteiger partial charge in [-0.15, -0.1) is 0 Å². The topological polar surface area (TPSA) is 80.7 Å². The quantitative estimate of drug-likeness (QED) is 0.741. The lowest BCUT2D eigenvalue weighted by molar-refractivity contribution is -0.139. The highest BCUT2D eigenvalue weighted by atomic mass is 32.2. The van der Waals surface area contributed by atoms with Gasteiger partial charge in [0.05, 0.1) is 5.56 Å². The minimum absolute atomic E-state index is 0.153. The van der Waals surface area contributed by atoms with E-state index in [1.807, 2.05) is 0 Å². The Bertz CT molecular complexity index is 820. The highest BCUT2D eigenvalue weighted by Crippen LogP contribution is 2.32. The zero-order valence-electron chi connectivity index (χ0n) is 14.4. The smallest absolute Gasteiger partial charge is 0.416 e. The molecule has 0 amide bonds. The number of hydrogen-bond acceptors (Lipinski definition) is 3. The number of alkyl halides is 3. The van der Waals surface area contributed by atoms with E-state index in [0.717, 1.165) is 16.4 Å². The molecule has 2 aromatic carbocycles. The van der Waals surface area contributed by atoms with Crippen LogP contribution in [-0.4, -0.2) is 25.9 Å². The van der Waals surface area contributed by atoms with Crippen LogP contribution in [0.25, 0.3) is 11.1 Å². The Labute approximate surface area is 156 Å². The van der Waals surface area contributed by atoms with Crippen LogP contribution in [0.4, 0.5) is 18.9 Å². The van der Waals surface area contributed by atoms with Crippen LogP contribution in [0, 0.1) is 5.92 Å². The van der Waals surface area contributed by atoms with Crippen molar-refractivity contribution in [3.8, 4) is 11.1 Å². The molecule has 2 aromatic rings. The maximum absolute atomic E-state index is 12.6. The van der Waals surface area contributed by atoms with Gasteiger partial charge in [0, 0.05) is 17.0 Å². The highest BCUT2D eigenvalue weighted by molar-refractivity contribution is 7.80. The Morgan fingerprint density at radius 3 is 1.81 bits per heavy atom. The monoisotopic (exact) mass is 400 g/mol. The van der Waals surface area contributed by atoms with Crippen molar-refractivity contribution in [2.45, 2.75) is 26.1 Å². The van der Waals surface area contributed by atoms with Gasteiger partial charge in [0.15, 0.2) is 0 Å². The molecule has 0 bridgehead atoms. The molecule has 0 aromatic heterocycles. The van der Waals surface area contributed by atoms with Gasteiger partial charge in [-0.3, -0.25) is 8.51 Å². The third kappa shape index (κ3) is 4.86. The van der Waals surface area contributed by atoms with Gasteiger partial charge < -0.3 is 9.66 Å². The molecule has 0 saturated heterocycles. The molecule has 9 heteroatoms. The second kappa shape index (κ2) is 8.10. The Kier molecular flexibility index (Phi) is 6.27. The summed E-state index contributed by atoms with van der Waals surface area (Å²) in [5.41, 5.74) is 0.473. The van der Waals surface area contributed by atoms with Crippen LogP contribution < -0.4 is 4.31 Å². The first-order valence-corrected chi connectivity index (χ1v) is 8.94. The minimum atomic E-state index is -4.43. The molecule has 0 heterocycles. The third-order valence-corrected chi connectivity index (χ3v) is 4.72. The van der Waals surface area contributed by atoms with Crippen molar-refractivity contribution in [2.24, 2.45) is 5.92 Å². The Hall–Kier alpha value is -2.39. The lowest BCUT2D eigenvalue weighted by Gasteiger charge is -2.34. The number of rotatable bonds is 6. The van der Waals surface area contributed by atoms with E-state index in [-0.39, 0.29) is 5.69 Å². The van der Waals surface area contributed by atoms with Crippen LogP contribution in [-0.2, 0) is 22.2 Å². The summed E-state index contributed by atoms with van der Waals surface area (Å²) in [5.74, 6) is -1.75. The van der Waals surface area contributed by atoms with Crippen LogP contribution in [0.3, 0.4) is 0 Å². The first-order chi connectivity index (χ1) is 12.5. The van der Waals surface area contributed by atoms with Crippen molar-refractivity contribution in [3.63, 3.8) is 0 Å². The van der Waals surface area contributed by atoms with E-state index in [2.05, 4.69) is 0 Å². The molecular weight excluding hydrogens is 383 g/mol. The average molecular weight is 400 g/mol. The molecular formula is C18H17F3NO4S-. The Morgan fingerprint density at radius 2 is 1.48 bits per heavy atom. The number of halogens is 3. The summed E-state index contributed by atoms with van der Waals surface area (Å²) in [4.78, 5) is 11.5. The third-order valence-electron chi connectivity index (χ3n) is 3.97.